The van der Waals surface area contributed by atoms with E-state index in [4.69, 9.17) is 4.74 Å². The summed E-state index contributed by atoms with van der Waals surface area (Å²) in [7, 11) is 1.95. The predicted octanol–water partition coefficient (Wildman–Crippen LogP) is 3.05. The van der Waals surface area contributed by atoms with Crippen LogP contribution in [0.2, 0.25) is 0 Å². The molecule has 3 heteroatoms. The molecular formula is C12H18BrNO. The molecule has 0 heterocycles. The van der Waals surface area contributed by atoms with Crippen molar-refractivity contribution in [2.24, 2.45) is 0 Å². The Hall–Kier alpha value is -0.540. The number of hydrogen-bond donors (Lipinski definition) is 1. The summed E-state index contributed by atoms with van der Waals surface area (Å²) in [5, 5.41) is 3.10. The van der Waals surface area contributed by atoms with Gasteiger partial charge in [-0.05, 0) is 57.1 Å². The van der Waals surface area contributed by atoms with Gasteiger partial charge in [0.05, 0.1) is 6.61 Å². The molecule has 15 heavy (non-hydrogen) atoms. The second-order valence-corrected chi connectivity index (χ2v) is 4.46. The van der Waals surface area contributed by atoms with Gasteiger partial charge in [-0.15, -0.1) is 0 Å². The fourth-order valence-corrected chi connectivity index (χ4v) is 1.78. The van der Waals surface area contributed by atoms with E-state index in [9.17, 15) is 0 Å². The predicted molar refractivity (Wildman–Crippen MR) is 67.7 cm³/mol. The quantitative estimate of drug-likeness (QED) is 0.832. The first-order valence-corrected chi connectivity index (χ1v) is 5.99. The Morgan fingerprint density at radius 2 is 2.00 bits per heavy atom. The van der Waals surface area contributed by atoms with Gasteiger partial charge < -0.3 is 10.1 Å². The summed E-state index contributed by atoms with van der Waals surface area (Å²) < 4.78 is 6.86. The minimum atomic E-state index is 0.767. The third-order valence-corrected chi connectivity index (χ3v) is 3.36. The maximum atomic E-state index is 5.71. The molecule has 1 N–H and O–H groups in total. The number of ether oxygens (including phenoxy) is 1. The fraction of sp³-hybridized carbons (Fsp3) is 0.500. The zero-order valence-electron chi connectivity index (χ0n) is 9.56. The highest BCUT2D eigenvalue weighted by Gasteiger charge is 2.04. The number of rotatable bonds is 5. The molecule has 1 aromatic rings. The van der Waals surface area contributed by atoms with Gasteiger partial charge in [0.2, 0.25) is 0 Å². The normalized spacial score (nSPS) is 10.4. The third-order valence-electron chi connectivity index (χ3n) is 2.50. The Labute approximate surface area is 100 Å². The monoisotopic (exact) mass is 271 g/mol. The van der Waals surface area contributed by atoms with Crippen molar-refractivity contribution in [3.8, 4) is 5.75 Å². The summed E-state index contributed by atoms with van der Waals surface area (Å²) in [5.74, 6) is 0.992. The van der Waals surface area contributed by atoms with Crippen molar-refractivity contribution in [2.75, 3.05) is 20.2 Å². The summed E-state index contributed by atoms with van der Waals surface area (Å²) in [4.78, 5) is 0. The minimum absolute atomic E-state index is 0.767. The molecule has 0 fully saturated rings. The number of halogens is 1. The Bertz CT molecular complexity index is 326. The van der Waals surface area contributed by atoms with Crippen LogP contribution < -0.4 is 10.1 Å². The first-order chi connectivity index (χ1) is 7.16. The van der Waals surface area contributed by atoms with E-state index >= 15 is 0 Å². The van der Waals surface area contributed by atoms with Gasteiger partial charge in [-0.2, -0.15) is 0 Å². The molecule has 0 atom stereocenters. The van der Waals surface area contributed by atoms with Crippen molar-refractivity contribution in [2.45, 2.75) is 20.3 Å². The lowest BCUT2D eigenvalue weighted by molar-refractivity contribution is 0.307. The van der Waals surface area contributed by atoms with E-state index in [2.05, 4.69) is 35.1 Å². The van der Waals surface area contributed by atoms with E-state index in [1.165, 1.54) is 11.1 Å². The van der Waals surface area contributed by atoms with Crippen molar-refractivity contribution in [3.63, 3.8) is 0 Å². The van der Waals surface area contributed by atoms with Gasteiger partial charge in [0.1, 0.15) is 5.75 Å². The summed E-state index contributed by atoms with van der Waals surface area (Å²) in [5.41, 5.74) is 2.47. The van der Waals surface area contributed by atoms with E-state index < -0.39 is 0 Å². The third kappa shape index (κ3) is 3.50. The molecule has 2 nitrogen and oxygen atoms in total. The van der Waals surface area contributed by atoms with Crippen LogP contribution in [0.3, 0.4) is 0 Å². The fourth-order valence-electron chi connectivity index (χ4n) is 1.35. The molecule has 0 amide bonds. The lowest BCUT2D eigenvalue weighted by Crippen LogP contribution is -2.11. The van der Waals surface area contributed by atoms with Gasteiger partial charge in [-0.3, -0.25) is 0 Å². The second-order valence-electron chi connectivity index (χ2n) is 3.60. The van der Waals surface area contributed by atoms with Crippen LogP contribution >= 0.6 is 15.9 Å². The lowest BCUT2D eigenvalue weighted by Gasteiger charge is -2.11. The molecule has 0 spiro atoms. The molecule has 1 rings (SSSR count). The molecule has 0 aliphatic rings. The van der Waals surface area contributed by atoms with Crippen molar-refractivity contribution >= 4 is 15.9 Å². The van der Waals surface area contributed by atoms with Crippen molar-refractivity contribution in [3.05, 3.63) is 27.7 Å². The van der Waals surface area contributed by atoms with Gasteiger partial charge in [0, 0.05) is 4.47 Å². The largest absolute Gasteiger partial charge is 0.493 e. The van der Waals surface area contributed by atoms with Gasteiger partial charge in [0.25, 0.3) is 0 Å². The average molecular weight is 272 g/mol. The molecule has 0 aliphatic heterocycles. The van der Waals surface area contributed by atoms with Crippen molar-refractivity contribution in [1.82, 2.24) is 5.32 Å². The molecular weight excluding hydrogens is 254 g/mol. The molecule has 0 aromatic heterocycles. The van der Waals surface area contributed by atoms with Crippen LogP contribution in [0.15, 0.2) is 16.6 Å². The van der Waals surface area contributed by atoms with Crippen LogP contribution in [0.25, 0.3) is 0 Å². The molecule has 0 aliphatic carbocycles. The topological polar surface area (TPSA) is 21.3 Å². The van der Waals surface area contributed by atoms with Crippen LogP contribution in [0.4, 0.5) is 0 Å². The Balaban J connectivity index is 2.58. The second kappa shape index (κ2) is 6.13. The Kier molecular flexibility index (Phi) is 5.12. The van der Waals surface area contributed by atoms with Crippen LogP contribution in [0.1, 0.15) is 17.5 Å². The molecule has 0 unspecified atom stereocenters. The van der Waals surface area contributed by atoms with Crippen molar-refractivity contribution < 1.29 is 4.74 Å². The van der Waals surface area contributed by atoms with Gasteiger partial charge >= 0.3 is 0 Å². The lowest BCUT2D eigenvalue weighted by atomic mass is 10.1. The molecule has 0 saturated carbocycles. The van der Waals surface area contributed by atoms with E-state index in [1.807, 2.05) is 19.2 Å². The first-order valence-electron chi connectivity index (χ1n) is 5.20. The average Bonchev–Trinajstić information content (AvgIpc) is 2.24. The van der Waals surface area contributed by atoms with E-state index in [0.717, 1.165) is 29.8 Å². The van der Waals surface area contributed by atoms with E-state index in [-0.39, 0.29) is 0 Å². The zero-order valence-corrected chi connectivity index (χ0v) is 11.1. The molecule has 0 radical (unpaired) electrons. The highest BCUT2D eigenvalue weighted by Crippen LogP contribution is 2.27. The van der Waals surface area contributed by atoms with E-state index in [0.29, 0.717) is 0 Å². The number of hydrogen-bond acceptors (Lipinski definition) is 2. The Morgan fingerprint density at radius 3 is 2.67 bits per heavy atom. The summed E-state index contributed by atoms with van der Waals surface area (Å²) in [6.45, 7) is 5.95. The minimum Gasteiger partial charge on any atom is -0.493 e. The molecule has 84 valence electrons. The number of nitrogens with one attached hydrogen (secondary N) is 1. The summed E-state index contributed by atoms with van der Waals surface area (Å²) in [6, 6.07) is 4.06. The molecule has 1 aromatic carbocycles. The smallest absolute Gasteiger partial charge is 0.122 e. The highest BCUT2D eigenvalue weighted by atomic mass is 79.9. The molecule has 0 bridgehead atoms. The van der Waals surface area contributed by atoms with E-state index in [1.54, 1.807) is 0 Å². The van der Waals surface area contributed by atoms with Gasteiger partial charge in [-0.1, -0.05) is 15.9 Å². The summed E-state index contributed by atoms with van der Waals surface area (Å²) in [6.07, 6.45) is 1.03. The van der Waals surface area contributed by atoms with Gasteiger partial charge in [-0.25, -0.2) is 0 Å². The van der Waals surface area contributed by atoms with Crippen LogP contribution in [0, 0.1) is 13.8 Å². The summed E-state index contributed by atoms with van der Waals surface area (Å²) >= 11 is 3.51. The highest BCUT2D eigenvalue weighted by molar-refractivity contribution is 9.10. The van der Waals surface area contributed by atoms with Gasteiger partial charge in [0.15, 0.2) is 0 Å². The van der Waals surface area contributed by atoms with Crippen LogP contribution in [-0.4, -0.2) is 20.2 Å². The SMILES string of the molecule is CNCCCOc1ccc(Br)c(C)c1C. The molecule has 0 saturated heterocycles. The zero-order chi connectivity index (χ0) is 11.3. The first kappa shape index (κ1) is 12.5. The number of benzene rings is 1. The van der Waals surface area contributed by atoms with Crippen LogP contribution in [0.5, 0.6) is 5.75 Å². The standard InChI is InChI=1S/C12H18BrNO/c1-9-10(2)12(6-5-11(9)13)15-8-4-7-14-3/h5-6,14H,4,7-8H2,1-3H3. The maximum absolute atomic E-state index is 5.71. The van der Waals surface area contributed by atoms with Crippen LogP contribution in [-0.2, 0) is 0 Å². The maximum Gasteiger partial charge on any atom is 0.122 e. The van der Waals surface area contributed by atoms with Crippen molar-refractivity contribution in [1.29, 1.82) is 0 Å². The Morgan fingerprint density at radius 1 is 1.27 bits per heavy atom.